The Hall–Kier alpha value is -5.01. The molecule has 0 saturated carbocycles. The highest BCUT2D eigenvalue weighted by atomic mass is 16.8. The Kier molecular flexibility index (Phi) is 17.9. The molecule has 0 amide bonds. The second-order valence-corrected chi connectivity index (χ2v) is 13.2. The average molecular weight is 853 g/mol. The van der Waals surface area contributed by atoms with E-state index in [9.17, 15) is 48.3 Å². The molecule has 24 nitrogen and oxygen atoms in total. The number of ether oxygens (including phenoxy) is 14. The normalized spacial score (nSPS) is 32.8. The zero-order valence-corrected chi connectivity index (χ0v) is 33.5. The summed E-state index contributed by atoms with van der Waals surface area (Å²) in [7, 11) is 0. The summed E-state index contributed by atoms with van der Waals surface area (Å²) in [4.78, 5) is 111. The van der Waals surface area contributed by atoms with E-state index in [1.54, 1.807) is 0 Å². The van der Waals surface area contributed by atoms with Gasteiger partial charge in [-0.2, -0.15) is 0 Å². The molecule has 3 saturated heterocycles. The third-order valence-corrected chi connectivity index (χ3v) is 8.20. The van der Waals surface area contributed by atoms with Crippen LogP contribution in [-0.2, 0) is 109 Å². The Morgan fingerprint density at radius 3 is 1.19 bits per heavy atom. The summed E-state index contributed by atoms with van der Waals surface area (Å²) in [6.45, 7) is 7.11. The van der Waals surface area contributed by atoms with Crippen LogP contribution < -0.4 is 0 Å². The Bertz CT molecular complexity index is 1560. The van der Waals surface area contributed by atoms with E-state index in [1.165, 1.54) is 0 Å². The highest BCUT2D eigenvalue weighted by Crippen LogP contribution is 2.37. The van der Waals surface area contributed by atoms with E-state index < -0.39 is 160 Å². The van der Waals surface area contributed by atoms with E-state index >= 15 is 0 Å². The predicted molar refractivity (Wildman–Crippen MR) is 181 cm³/mol. The number of esters is 9. The first-order valence-corrected chi connectivity index (χ1v) is 18.0. The van der Waals surface area contributed by atoms with Crippen molar-refractivity contribution < 1.29 is 115 Å². The highest BCUT2D eigenvalue weighted by Gasteiger charge is 2.59. The number of hydrogen-bond donors (Lipinski definition) is 1. The summed E-state index contributed by atoms with van der Waals surface area (Å²) in [6, 6.07) is 0. The van der Waals surface area contributed by atoms with Gasteiger partial charge in [-0.15, -0.1) is 0 Å². The van der Waals surface area contributed by atoms with Crippen molar-refractivity contribution in [1.82, 2.24) is 0 Å². The Morgan fingerprint density at radius 1 is 0.424 bits per heavy atom. The van der Waals surface area contributed by atoms with Crippen molar-refractivity contribution >= 4 is 53.7 Å². The molecule has 3 rings (SSSR count). The van der Waals surface area contributed by atoms with Gasteiger partial charge in [-0.3, -0.25) is 43.2 Å². The van der Waals surface area contributed by atoms with Crippen LogP contribution in [0.4, 0.5) is 0 Å². The zero-order valence-electron chi connectivity index (χ0n) is 33.5. The zero-order chi connectivity index (χ0) is 44.3. The van der Waals surface area contributed by atoms with E-state index in [0.29, 0.717) is 0 Å². The summed E-state index contributed by atoms with van der Waals surface area (Å²) < 4.78 is 78.4. The van der Waals surface area contributed by atoms with Crippen LogP contribution in [0.5, 0.6) is 0 Å². The van der Waals surface area contributed by atoms with Gasteiger partial charge in [0.25, 0.3) is 0 Å². The first-order valence-electron chi connectivity index (χ1n) is 18.0. The minimum Gasteiger partial charge on any atom is -0.463 e. The van der Waals surface area contributed by atoms with Gasteiger partial charge in [-0.05, 0) is 0 Å². The van der Waals surface area contributed by atoms with Crippen molar-refractivity contribution in [3.8, 4) is 0 Å². The Labute approximate surface area is 336 Å². The minimum absolute atomic E-state index is 0.573. The number of aliphatic hydroxyl groups is 1. The molecule has 24 heteroatoms. The Balaban J connectivity index is 2.25. The number of carbonyl (C=O) groups excluding carboxylic acids is 9. The predicted octanol–water partition coefficient (Wildman–Crippen LogP) is -1.80. The summed E-state index contributed by atoms with van der Waals surface area (Å²) in [5.41, 5.74) is 0. The van der Waals surface area contributed by atoms with Crippen LogP contribution >= 0.6 is 0 Å². The quantitative estimate of drug-likeness (QED) is 0.140. The van der Waals surface area contributed by atoms with Crippen molar-refractivity contribution in [2.45, 2.75) is 148 Å². The van der Waals surface area contributed by atoms with Crippen molar-refractivity contribution in [3.05, 3.63) is 0 Å². The third-order valence-electron chi connectivity index (χ3n) is 8.20. The maximum atomic E-state index is 12.8. The molecular weight excluding hydrogens is 804 g/mol. The monoisotopic (exact) mass is 852 g/mol. The van der Waals surface area contributed by atoms with Crippen molar-refractivity contribution in [1.29, 1.82) is 0 Å². The molecule has 1 N–H and O–H groups in total. The fourth-order valence-corrected chi connectivity index (χ4v) is 6.28. The van der Waals surface area contributed by atoms with Gasteiger partial charge < -0.3 is 71.4 Å². The maximum absolute atomic E-state index is 12.8. The fourth-order valence-electron chi connectivity index (χ4n) is 6.28. The minimum atomic E-state index is -1.97. The topological polar surface area (TPSA) is 303 Å². The lowest BCUT2D eigenvalue weighted by Crippen LogP contribution is -2.68. The number of hydrogen-bond acceptors (Lipinski definition) is 24. The van der Waals surface area contributed by atoms with Crippen molar-refractivity contribution in [2.75, 3.05) is 19.8 Å². The van der Waals surface area contributed by atoms with Gasteiger partial charge in [0.15, 0.2) is 61.6 Å². The number of aliphatic hydroxyl groups excluding tert-OH is 1. The van der Waals surface area contributed by atoms with Crippen molar-refractivity contribution in [2.24, 2.45) is 0 Å². The molecule has 0 bridgehead atoms. The first kappa shape index (κ1) is 48.4. The van der Waals surface area contributed by atoms with Crippen LogP contribution in [0.1, 0.15) is 62.3 Å². The van der Waals surface area contributed by atoms with Gasteiger partial charge in [0.1, 0.15) is 37.6 Å². The molecule has 59 heavy (non-hydrogen) atoms. The molecule has 0 aliphatic carbocycles. The number of rotatable bonds is 15. The molecule has 3 heterocycles. The van der Waals surface area contributed by atoms with E-state index in [1.807, 2.05) is 0 Å². The van der Waals surface area contributed by atoms with Crippen LogP contribution in [0, 0.1) is 0 Å². The molecule has 0 radical (unpaired) electrons. The molecule has 332 valence electrons. The lowest BCUT2D eigenvalue weighted by molar-refractivity contribution is -0.373. The SMILES string of the molecule is CC(=O)OC[C@H]1O[C@@H](O[C@H]2[C@@H](OC(C)=O)[C@@H](COC(C)=O)O[C@@H](O[C@@H]3CO[C@@H](O)[C@H](OC(C)=O)[C@H]3OC(C)=O)[C@@H]2OC(C)=O)[C@H](OC(C)=O)[C@@H](OC(C)=O)[C@H]1OC(C)=O. The summed E-state index contributed by atoms with van der Waals surface area (Å²) >= 11 is 0. The van der Waals surface area contributed by atoms with Crippen LogP contribution in [-0.4, -0.2) is 165 Å². The van der Waals surface area contributed by atoms with Gasteiger partial charge in [0.05, 0.1) is 6.61 Å². The van der Waals surface area contributed by atoms with E-state index in [-0.39, 0.29) is 0 Å². The molecule has 0 aromatic heterocycles. The smallest absolute Gasteiger partial charge is 0.303 e. The first-order chi connectivity index (χ1) is 27.6. The molecule has 14 atom stereocenters. The van der Waals surface area contributed by atoms with Crippen LogP contribution in [0.25, 0.3) is 0 Å². The second kappa shape index (κ2) is 21.8. The number of carbonyl (C=O) groups is 9. The van der Waals surface area contributed by atoms with E-state index in [4.69, 9.17) is 66.3 Å². The van der Waals surface area contributed by atoms with Gasteiger partial charge >= 0.3 is 53.7 Å². The molecule has 0 unspecified atom stereocenters. The molecule has 0 spiro atoms. The maximum Gasteiger partial charge on any atom is 0.303 e. The van der Waals surface area contributed by atoms with E-state index in [0.717, 1.165) is 62.3 Å². The standard InChI is InChI=1S/C35H48O24/c1-13(36)46-10-22-25(49-15(3)38)28(52-18(6)41)31(54-20(8)43)35(58-22)59-29-26(50-16(4)39)23(11-47-14(2)37)56-34(32(29)55-21(9)44)57-24-12-48-33(45)30(53-19(7)42)27(24)51-17(5)40/h22-35,45H,10-12H2,1-9H3/t22-,23-,24-,25+,26+,27+,28+,29+,30-,31-,32-,33-,34+,35+/m1/s1. The van der Waals surface area contributed by atoms with Gasteiger partial charge in [0.2, 0.25) is 0 Å². The molecule has 3 aliphatic heterocycles. The summed E-state index contributed by atoms with van der Waals surface area (Å²) in [6.07, 6.45) is -24.2. The highest BCUT2D eigenvalue weighted by molar-refractivity contribution is 5.70. The van der Waals surface area contributed by atoms with Crippen LogP contribution in [0.3, 0.4) is 0 Å². The Morgan fingerprint density at radius 2 is 0.763 bits per heavy atom. The van der Waals surface area contributed by atoms with Gasteiger partial charge in [0, 0.05) is 62.3 Å². The molecular formula is C35H48O24. The van der Waals surface area contributed by atoms with Crippen LogP contribution in [0.2, 0.25) is 0 Å². The van der Waals surface area contributed by atoms with Crippen LogP contribution in [0.15, 0.2) is 0 Å². The molecule has 3 fully saturated rings. The van der Waals surface area contributed by atoms with E-state index in [2.05, 4.69) is 0 Å². The lowest BCUT2D eigenvalue weighted by Gasteiger charge is -2.49. The van der Waals surface area contributed by atoms with Crippen molar-refractivity contribution in [3.63, 3.8) is 0 Å². The molecule has 0 aromatic carbocycles. The largest absolute Gasteiger partial charge is 0.463 e. The lowest BCUT2D eigenvalue weighted by atomic mass is 9.95. The second-order valence-electron chi connectivity index (χ2n) is 13.2. The summed E-state index contributed by atoms with van der Waals surface area (Å²) in [5, 5.41) is 10.5. The van der Waals surface area contributed by atoms with Gasteiger partial charge in [-0.1, -0.05) is 0 Å². The summed E-state index contributed by atoms with van der Waals surface area (Å²) in [5.74, 6) is -8.37. The van der Waals surface area contributed by atoms with Gasteiger partial charge in [-0.25, -0.2) is 0 Å². The fraction of sp³-hybridized carbons (Fsp3) is 0.743. The molecule has 3 aliphatic rings. The average Bonchev–Trinajstić information content (AvgIpc) is 3.09. The third kappa shape index (κ3) is 14.3. The molecule has 0 aromatic rings.